The van der Waals surface area contributed by atoms with Crippen LogP contribution in [0.5, 0.6) is 5.75 Å². The van der Waals surface area contributed by atoms with Crippen LogP contribution in [0.15, 0.2) is 30.6 Å². The summed E-state index contributed by atoms with van der Waals surface area (Å²) in [5.41, 5.74) is 1.95. The maximum atomic E-state index is 11.5. The van der Waals surface area contributed by atoms with E-state index in [0.717, 1.165) is 55.3 Å². The molecule has 1 aromatic heterocycles. The fourth-order valence-corrected chi connectivity index (χ4v) is 3.84. The van der Waals surface area contributed by atoms with Gasteiger partial charge in [-0.25, -0.2) is 4.98 Å². The summed E-state index contributed by atoms with van der Waals surface area (Å²) in [6.45, 7) is 5.17. The van der Waals surface area contributed by atoms with Gasteiger partial charge in [0.2, 0.25) is 5.91 Å². The Labute approximate surface area is 159 Å². The number of likely N-dealkylation sites (tertiary alicyclic amines) is 1. The Morgan fingerprint density at radius 1 is 1.37 bits per heavy atom. The smallest absolute Gasteiger partial charge is 0.224 e. The molecule has 4 rings (SSSR count). The monoisotopic (exact) mass is 370 g/mol. The molecule has 0 spiro atoms. The number of aliphatic hydroxyl groups is 1. The molecule has 1 saturated heterocycles. The quantitative estimate of drug-likeness (QED) is 0.839. The molecule has 2 N–H and O–H groups in total. The van der Waals surface area contributed by atoms with Gasteiger partial charge in [0, 0.05) is 44.1 Å². The van der Waals surface area contributed by atoms with Crippen LogP contribution in [0.25, 0.3) is 0 Å². The molecule has 0 radical (unpaired) electrons. The molecule has 0 saturated carbocycles. The average Bonchev–Trinajstić information content (AvgIpc) is 3.11. The van der Waals surface area contributed by atoms with Gasteiger partial charge in [0.05, 0.1) is 6.54 Å². The second-order valence-electron chi connectivity index (χ2n) is 7.24. The molecule has 1 fully saturated rings. The molecule has 0 bridgehead atoms. The van der Waals surface area contributed by atoms with Crippen LogP contribution in [0.3, 0.4) is 0 Å². The van der Waals surface area contributed by atoms with Gasteiger partial charge in [-0.1, -0.05) is 0 Å². The number of benzene rings is 1. The van der Waals surface area contributed by atoms with Crippen LogP contribution in [0, 0.1) is 0 Å². The lowest BCUT2D eigenvalue weighted by Crippen LogP contribution is -2.48. The molecule has 7 nitrogen and oxygen atoms in total. The molecule has 27 heavy (non-hydrogen) atoms. The van der Waals surface area contributed by atoms with Crippen molar-refractivity contribution in [3.05, 3.63) is 42.0 Å². The number of rotatable bonds is 5. The minimum atomic E-state index is -0.542. The Balaban J connectivity index is 1.36. The maximum Gasteiger partial charge on any atom is 0.224 e. The minimum Gasteiger partial charge on any atom is -0.488 e. The van der Waals surface area contributed by atoms with E-state index in [9.17, 15) is 9.90 Å². The van der Waals surface area contributed by atoms with Gasteiger partial charge in [0.1, 0.15) is 23.8 Å². The van der Waals surface area contributed by atoms with Crippen molar-refractivity contribution in [3.8, 4) is 5.75 Å². The van der Waals surface area contributed by atoms with E-state index >= 15 is 0 Å². The highest BCUT2D eigenvalue weighted by molar-refractivity contribution is 5.93. The number of nitrogens with one attached hydrogen (secondary N) is 1. The number of hydrogen-bond donors (Lipinski definition) is 2. The number of hydrogen-bond acceptors (Lipinski definition) is 5. The molecular formula is C20H26N4O3. The van der Waals surface area contributed by atoms with Crippen LogP contribution in [0.4, 0.5) is 5.69 Å². The summed E-state index contributed by atoms with van der Waals surface area (Å²) in [6, 6.07) is 5.72. The first-order valence-electron chi connectivity index (χ1n) is 9.62. The molecular weight excluding hydrogens is 344 g/mol. The highest BCUT2D eigenvalue weighted by Gasteiger charge is 2.30. The number of carbonyl (C=O) groups excluding carboxylic acids is 1. The van der Waals surface area contributed by atoms with Crippen LogP contribution < -0.4 is 10.1 Å². The van der Waals surface area contributed by atoms with Crippen LogP contribution in [0.1, 0.15) is 31.2 Å². The van der Waals surface area contributed by atoms with Crippen LogP contribution in [-0.2, 0) is 24.3 Å². The SMILES string of the molecule is CCn1ccnc1CN1CC[C@@H](Oc2ccc3c(c2)CCC(=O)N3)[C@H](O)C1. The molecule has 1 amide bonds. The topological polar surface area (TPSA) is 79.6 Å². The first-order valence-corrected chi connectivity index (χ1v) is 9.62. The number of nitrogens with zero attached hydrogens (tertiary/aromatic N) is 3. The van der Waals surface area contributed by atoms with Gasteiger partial charge in [-0.2, -0.15) is 0 Å². The van der Waals surface area contributed by atoms with E-state index in [1.807, 2.05) is 30.6 Å². The van der Waals surface area contributed by atoms with Crippen molar-refractivity contribution in [2.75, 3.05) is 18.4 Å². The molecule has 2 aliphatic heterocycles. The van der Waals surface area contributed by atoms with E-state index in [-0.39, 0.29) is 12.0 Å². The van der Waals surface area contributed by atoms with Gasteiger partial charge >= 0.3 is 0 Å². The Morgan fingerprint density at radius 3 is 3.07 bits per heavy atom. The lowest BCUT2D eigenvalue weighted by Gasteiger charge is -2.35. The molecule has 1 aromatic carbocycles. The van der Waals surface area contributed by atoms with E-state index in [0.29, 0.717) is 13.0 Å². The largest absolute Gasteiger partial charge is 0.488 e. The van der Waals surface area contributed by atoms with E-state index in [1.54, 1.807) is 0 Å². The van der Waals surface area contributed by atoms with Gasteiger partial charge in [-0.15, -0.1) is 0 Å². The third-order valence-electron chi connectivity index (χ3n) is 5.37. The van der Waals surface area contributed by atoms with E-state index in [2.05, 4.69) is 26.7 Å². The van der Waals surface area contributed by atoms with E-state index < -0.39 is 6.10 Å². The standard InChI is InChI=1S/C20H26N4O3/c1-2-24-10-8-21-19(24)13-23-9-7-18(17(25)12-23)27-15-4-5-16-14(11-15)3-6-20(26)22-16/h4-5,8,10-11,17-18,25H,2-3,6-7,9,12-13H2,1H3,(H,22,26)/t17-,18-/m1/s1. The number of aliphatic hydroxyl groups excluding tert-OH is 1. The summed E-state index contributed by atoms with van der Waals surface area (Å²) in [4.78, 5) is 18.1. The number of ether oxygens (including phenoxy) is 1. The fraction of sp³-hybridized carbons (Fsp3) is 0.500. The van der Waals surface area contributed by atoms with Crippen molar-refractivity contribution >= 4 is 11.6 Å². The summed E-state index contributed by atoms with van der Waals surface area (Å²) in [5, 5.41) is 13.5. The summed E-state index contributed by atoms with van der Waals surface area (Å²) < 4.78 is 8.20. The highest BCUT2D eigenvalue weighted by Crippen LogP contribution is 2.28. The van der Waals surface area contributed by atoms with Crippen molar-refractivity contribution in [2.24, 2.45) is 0 Å². The molecule has 7 heteroatoms. The number of carbonyl (C=O) groups is 1. The van der Waals surface area contributed by atoms with Crippen molar-refractivity contribution in [1.82, 2.24) is 14.5 Å². The highest BCUT2D eigenvalue weighted by atomic mass is 16.5. The first kappa shape index (κ1) is 18.0. The number of β-amino-alcohol motifs (C(OH)–C–C–N with tert-alkyl or cyclic N) is 1. The fourth-order valence-electron chi connectivity index (χ4n) is 3.84. The van der Waals surface area contributed by atoms with Crippen molar-refractivity contribution < 1.29 is 14.6 Å². The number of anilines is 1. The molecule has 0 unspecified atom stereocenters. The lowest BCUT2D eigenvalue weighted by molar-refractivity contribution is -0.116. The maximum absolute atomic E-state index is 11.5. The first-order chi connectivity index (χ1) is 13.1. The summed E-state index contributed by atoms with van der Waals surface area (Å²) in [6.07, 6.45) is 5.04. The minimum absolute atomic E-state index is 0.0580. The van der Waals surface area contributed by atoms with Crippen molar-refractivity contribution in [3.63, 3.8) is 0 Å². The predicted octanol–water partition coefficient (Wildman–Crippen LogP) is 1.80. The van der Waals surface area contributed by atoms with Gasteiger partial charge in [-0.3, -0.25) is 9.69 Å². The number of aryl methyl sites for hydroxylation is 2. The van der Waals surface area contributed by atoms with Crippen molar-refractivity contribution in [2.45, 2.75) is 51.5 Å². The van der Waals surface area contributed by atoms with Gasteiger partial charge in [0.25, 0.3) is 0 Å². The number of piperidine rings is 1. The number of fused-ring (bicyclic) bond motifs is 1. The van der Waals surface area contributed by atoms with Gasteiger partial charge in [-0.05, 0) is 43.5 Å². The molecule has 2 atom stereocenters. The zero-order valence-electron chi connectivity index (χ0n) is 15.6. The summed E-state index contributed by atoms with van der Waals surface area (Å²) in [7, 11) is 0. The van der Waals surface area contributed by atoms with E-state index in [1.165, 1.54) is 0 Å². The van der Waals surface area contributed by atoms with E-state index in [4.69, 9.17) is 4.74 Å². The number of imidazole rings is 1. The van der Waals surface area contributed by atoms with Crippen molar-refractivity contribution in [1.29, 1.82) is 0 Å². The Morgan fingerprint density at radius 2 is 2.26 bits per heavy atom. The predicted molar refractivity (Wildman–Crippen MR) is 102 cm³/mol. The van der Waals surface area contributed by atoms with Gasteiger partial charge < -0.3 is 19.7 Å². The molecule has 0 aliphatic carbocycles. The molecule has 2 aromatic rings. The molecule has 144 valence electrons. The van der Waals surface area contributed by atoms with Gasteiger partial charge in [0.15, 0.2) is 0 Å². The third kappa shape index (κ3) is 3.99. The Bertz CT molecular complexity index is 819. The average molecular weight is 370 g/mol. The second-order valence-corrected chi connectivity index (χ2v) is 7.24. The zero-order valence-corrected chi connectivity index (χ0v) is 15.6. The summed E-state index contributed by atoms with van der Waals surface area (Å²) in [5.74, 6) is 1.84. The Hall–Kier alpha value is -2.38. The number of aromatic nitrogens is 2. The second kappa shape index (κ2) is 7.70. The molecule has 2 aliphatic rings. The van der Waals surface area contributed by atoms with Crippen LogP contribution >= 0.6 is 0 Å². The Kier molecular flexibility index (Phi) is 5.13. The summed E-state index contributed by atoms with van der Waals surface area (Å²) >= 11 is 0. The number of amides is 1. The molecule has 3 heterocycles. The zero-order chi connectivity index (χ0) is 18.8. The third-order valence-corrected chi connectivity index (χ3v) is 5.37. The van der Waals surface area contributed by atoms with Crippen LogP contribution in [-0.4, -0.2) is 50.8 Å². The normalized spacial score (nSPS) is 23.0. The van der Waals surface area contributed by atoms with Crippen LogP contribution in [0.2, 0.25) is 0 Å². The lowest BCUT2D eigenvalue weighted by atomic mass is 10.0.